The fourth-order valence-electron chi connectivity index (χ4n) is 2.83. The van der Waals surface area contributed by atoms with Crippen LogP contribution in [-0.4, -0.2) is 6.04 Å². The lowest BCUT2D eigenvalue weighted by Crippen LogP contribution is -2.17. The molecule has 1 aliphatic heterocycles. The maximum absolute atomic E-state index is 3.58. The van der Waals surface area contributed by atoms with Gasteiger partial charge in [0.05, 0.1) is 0 Å². The minimum absolute atomic E-state index is 0.517. The molecule has 1 nitrogen and oxygen atoms in total. The Balaban J connectivity index is 1.87. The molecule has 0 fully saturated rings. The standard InChI is InChI=1S/C17H19N/c1-12-7-9-14(10-8-12)11-16-13(2)18-17-6-4-3-5-15(16)17/h3-10,13,16,18H,11H2,1-2H3/t13-,16+/m1/s1. The van der Waals surface area contributed by atoms with Gasteiger partial charge in [0.2, 0.25) is 0 Å². The van der Waals surface area contributed by atoms with E-state index < -0.39 is 0 Å². The Morgan fingerprint density at radius 3 is 2.50 bits per heavy atom. The molecule has 1 aliphatic rings. The summed E-state index contributed by atoms with van der Waals surface area (Å²) in [6.45, 7) is 4.41. The number of para-hydroxylation sites is 1. The van der Waals surface area contributed by atoms with E-state index in [-0.39, 0.29) is 0 Å². The van der Waals surface area contributed by atoms with Crippen molar-refractivity contribution in [1.82, 2.24) is 0 Å². The van der Waals surface area contributed by atoms with Crippen LogP contribution in [0.4, 0.5) is 5.69 Å². The number of fused-ring (bicyclic) bond motifs is 1. The molecule has 92 valence electrons. The number of hydrogen-bond donors (Lipinski definition) is 1. The van der Waals surface area contributed by atoms with Crippen LogP contribution in [0.3, 0.4) is 0 Å². The molecule has 0 unspecified atom stereocenters. The molecular formula is C17H19N. The molecule has 0 saturated heterocycles. The Kier molecular flexibility index (Phi) is 2.83. The highest BCUT2D eigenvalue weighted by molar-refractivity contribution is 5.59. The Morgan fingerprint density at radius 1 is 1.00 bits per heavy atom. The highest BCUT2D eigenvalue weighted by atomic mass is 15.0. The fourth-order valence-corrected chi connectivity index (χ4v) is 2.83. The van der Waals surface area contributed by atoms with E-state index in [1.165, 1.54) is 22.4 Å². The quantitative estimate of drug-likeness (QED) is 0.828. The maximum Gasteiger partial charge on any atom is 0.0378 e. The van der Waals surface area contributed by atoms with Crippen LogP contribution >= 0.6 is 0 Å². The van der Waals surface area contributed by atoms with Gasteiger partial charge in [-0.25, -0.2) is 0 Å². The number of benzene rings is 2. The summed E-state index contributed by atoms with van der Waals surface area (Å²) >= 11 is 0. The summed E-state index contributed by atoms with van der Waals surface area (Å²) in [6, 6.07) is 18.1. The lowest BCUT2D eigenvalue weighted by atomic mass is 9.89. The van der Waals surface area contributed by atoms with Gasteiger partial charge in [0.1, 0.15) is 0 Å². The van der Waals surface area contributed by atoms with Gasteiger partial charge in [-0.2, -0.15) is 0 Å². The number of aryl methyl sites for hydroxylation is 1. The molecule has 0 saturated carbocycles. The first-order valence-electron chi connectivity index (χ1n) is 6.65. The van der Waals surface area contributed by atoms with E-state index >= 15 is 0 Å². The molecule has 3 rings (SSSR count). The minimum Gasteiger partial charge on any atom is -0.382 e. The highest BCUT2D eigenvalue weighted by Gasteiger charge is 2.28. The molecule has 0 aliphatic carbocycles. The Labute approximate surface area is 109 Å². The molecule has 0 radical (unpaired) electrons. The summed E-state index contributed by atoms with van der Waals surface area (Å²) in [4.78, 5) is 0. The molecule has 1 N–H and O–H groups in total. The second kappa shape index (κ2) is 4.49. The van der Waals surface area contributed by atoms with Crippen molar-refractivity contribution in [1.29, 1.82) is 0 Å². The lowest BCUT2D eigenvalue weighted by molar-refractivity contribution is 0.629. The molecule has 1 heteroatoms. The van der Waals surface area contributed by atoms with Crippen molar-refractivity contribution in [3.8, 4) is 0 Å². The SMILES string of the molecule is Cc1ccc(C[C@@H]2c3ccccc3N[C@@H]2C)cc1. The predicted molar refractivity (Wildman–Crippen MR) is 77.2 cm³/mol. The molecule has 0 bridgehead atoms. The topological polar surface area (TPSA) is 12.0 Å². The van der Waals surface area contributed by atoms with Gasteiger partial charge in [-0.3, -0.25) is 0 Å². The first-order valence-corrected chi connectivity index (χ1v) is 6.65. The lowest BCUT2D eigenvalue weighted by Gasteiger charge is -2.16. The van der Waals surface area contributed by atoms with Gasteiger partial charge >= 0.3 is 0 Å². The van der Waals surface area contributed by atoms with E-state index in [0.29, 0.717) is 12.0 Å². The molecule has 18 heavy (non-hydrogen) atoms. The smallest absolute Gasteiger partial charge is 0.0378 e. The predicted octanol–water partition coefficient (Wildman–Crippen LogP) is 4.14. The molecule has 2 atom stereocenters. The molecule has 2 aromatic rings. The Morgan fingerprint density at radius 2 is 1.72 bits per heavy atom. The van der Waals surface area contributed by atoms with Crippen LogP contribution in [0.1, 0.15) is 29.5 Å². The normalized spacial score (nSPS) is 21.4. The van der Waals surface area contributed by atoms with Gasteiger partial charge in [-0.05, 0) is 37.5 Å². The van der Waals surface area contributed by atoms with Crippen LogP contribution in [-0.2, 0) is 6.42 Å². The Bertz CT molecular complexity index is 542. The average molecular weight is 237 g/mol. The zero-order chi connectivity index (χ0) is 12.5. The summed E-state index contributed by atoms with van der Waals surface area (Å²) in [6.07, 6.45) is 1.12. The van der Waals surface area contributed by atoms with E-state index in [1.54, 1.807) is 0 Å². The van der Waals surface area contributed by atoms with Gasteiger partial charge in [0.15, 0.2) is 0 Å². The van der Waals surface area contributed by atoms with Crippen molar-refractivity contribution in [3.63, 3.8) is 0 Å². The van der Waals surface area contributed by atoms with E-state index in [4.69, 9.17) is 0 Å². The fraction of sp³-hybridized carbons (Fsp3) is 0.294. The van der Waals surface area contributed by atoms with Crippen LogP contribution in [0.5, 0.6) is 0 Å². The first kappa shape index (κ1) is 11.3. The van der Waals surface area contributed by atoms with Crippen LogP contribution in [0, 0.1) is 6.92 Å². The van der Waals surface area contributed by atoms with E-state index in [0.717, 1.165) is 6.42 Å². The van der Waals surface area contributed by atoms with Gasteiger partial charge in [0.25, 0.3) is 0 Å². The summed E-state index contributed by atoms with van der Waals surface area (Å²) < 4.78 is 0. The third-order valence-electron chi connectivity index (χ3n) is 3.92. The monoisotopic (exact) mass is 237 g/mol. The van der Waals surface area contributed by atoms with Gasteiger partial charge in [0, 0.05) is 17.6 Å². The molecule has 1 heterocycles. The highest BCUT2D eigenvalue weighted by Crippen LogP contribution is 2.37. The number of hydrogen-bond acceptors (Lipinski definition) is 1. The van der Waals surface area contributed by atoms with E-state index in [2.05, 4.69) is 67.7 Å². The summed E-state index contributed by atoms with van der Waals surface area (Å²) in [5.74, 6) is 0.587. The Hall–Kier alpha value is -1.76. The summed E-state index contributed by atoms with van der Waals surface area (Å²) in [5.41, 5.74) is 5.53. The van der Waals surface area contributed by atoms with Crippen LogP contribution in [0.15, 0.2) is 48.5 Å². The third kappa shape index (κ3) is 2.01. The molecule has 0 aromatic heterocycles. The van der Waals surface area contributed by atoms with Crippen LogP contribution < -0.4 is 5.32 Å². The van der Waals surface area contributed by atoms with E-state index in [9.17, 15) is 0 Å². The molecule has 0 amide bonds. The molecule has 0 spiro atoms. The summed E-state index contributed by atoms with van der Waals surface area (Å²) in [7, 11) is 0. The van der Waals surface area contributed by atoms with Crippen molar-refractivity contribution >= 4 is 5.69 Å². The maximum atomic E-state index is 3.58. The van der Waals surface area contributed by atoms with Crippen LogP contribution in [0.25, 0.3) is 0 Å². The van der Waals surface area contributed by atoms with Crippen molar-refractivity contribution in [3.05, 3.63) is 65.2 Å². The number of rotatable bonds is 2. The van der Waals surface area contributed by atoms with Crippen molar-refractivity contribution in [2.24, 2.45) is 0 Å². The third-order valence-corrected chi connectivity index (χ3v) is 3.92. The van der Waals surface area contributed by atoms with Crippen LogP contribution in [0.2, 0.25) is 0 Å². The molecular weight excluding hydrogens is 218 g/mol. The minimum atomic E-state index is 0.517. The van der Waals surface area contributed by atoms with Gasteiger partial charge in [-0.15, -0.1) is 0 Å². The van der Waals surface area contributed by atoms with Crippen molar-refractivity contribution in [2.45, 2.75) is 32.2 Å². The molecule has 2 aromatic carbocycles. The second-order valence-electron chi connectivity index (χ2n) is 5.32. The van der Waals surface area contributed by atoms with Gasteiger partial charge < -0.3 is 5.32 Å². The van der Waals surface area contributed by atoms with Gasteiger partial charge in [-0.1, -0.05) is 48.0 Å². The summed E-state index contributed by atoms with van der Waals surface area (Å²) in [5, 5.41) is 3.58. The second-order valence-corrected chi connectivity index (χ2v) is 5.32. The van der Waals surface area contributed by atoms with Crippen molar-refractivity contribution in [2.75, 3.05) is 5.32 Å². The van der Waals surface area contributed by atoms with E-state index in [1.807, 2.05) is 0 Å². The van der Waals surface area contributed by atoms with Crippen molar-refractivity contribution < 1.29 is 0 Å². The number of nitrogens with one attached hydrogen (secondary N) is 1. The number of anilines is 1. The first-order chi connectivity index (χ1) is 8.74. The zero-order valence-electron chi connectivity index (χ0n) is 11.0. The largest absolute Gasteiger partial charge is 0.382 e. The average Bonchev–Trinajstić information content (AvgIpc) is 2.69. The zero-order valence-corrected chi connectivity index (χ0v) is 11.0.